The summed E-state index contributed by atoms with van der Waals surface area (Å²) in [6.07, 6.45) is 13.4. The van der Waals surface area contributed by atoms with Crippen LogP contribution in [0.25, 0.3) is 0 Å². The molecule has 226 valence electrons. The molecule has 0 aliphatic carbocycles. The Morgan fingerprint density at radius 1 is 0.634 bits per heavy atom. The standard InChI is InChI=1S/C33H51O6P.Li.H/c1-6-9-12-15-21-37-26-24-29(38-22-16-13-10-7-2)32(30(25-26)39-23-17-14-11-8-3)40-33(34)31-27(35-4)19-18-20-28(31)36-5;;/h18-20,24-25,40H,6-17,21-23H2,1-5H3;;. The summed E-state index contributed by atoms with van der Waals surface area (Å²) in [5.41, 5.74) is 0.346. The van der Waals surface area contributed by atoms with Gasteiger partial charge in [0.2, 0.25) is 0 Å². The van der Waals surface area contributed by atoms with Crippen molar-refractivity contribution in [2.75, 3.05) is 34.0 Å². The van der Waals surface area contributed by atoms with Crippen molar-refractivity contribution in [3.63, 3.8) is 0 Å². The van der Waals surface area contributed by atoms with Crippen molar-refractivity contribution in [1.82, 2.24) is 0 Å². The van der Waals surface area contributed by atoms with E-state index < -0.39 is 0 Å². The Hall–Kier alpha value is -1.86. The van der Waals surface area contributed by atoms with Crippen molar-refractivity contribution >= 4 is 38.3 Å². The van der Waals surface area contributed by atoms with Crippen molar-refractivity contribution in [3.8, 4) is 28.7 Å². The SMILES string of the molecule is CCCCCCOc1cc(OCCCCCC)c(PC(=O)c2c(OC)cccc2OC)c(OCCCCCC)c1.[LiH]. The predicted octanol–water partition coefficient (Wildman–Crippen LogP) is 8.08. The van der Waals surface area contributed by atoms with E-state index in [1.165, 1.54) is 38.5 Å². The number of hydrogen-bond donors (Lipinski definition) is 0. The topological polar surface area (TPSA) is 63.2 Å². The van der Waals surface area contributed by atoms with Crippen molar-refractivity contribution in [1.29, 1.82) is 0 Å². The monoisotopic (exact) mass is 582 g/mol. The van der Waals surface area contributed by atoms with Gasteiger partial charge in [0.15, 0.2) is 5.52 Å². The fourth-order valence-corrected chi connectivity index (χ4v) is 5.53. The van der Waals surface area contributed by atoms with Crippen LogP contribution in [-0.2, 0) is 0 Å². The number of methoxy groups -OCH3 is 2. The third kappa shape index (κ3) is 13.3. The zero-order chi connectivity index (χ0) is 29.0. The predicted molar refractivity (Wildman–Crippen MR) is 174 cm³/mol. The van der Waals surface area contributed by atoms with Crippen LogP contribution in [0.5, 0.6) is 28.7 Å². The third-order valence-corrected chi connectivity index (χ3v) is 7.93. The third-order valence-electron chi connectivity index (χ3n) is 6.71. The minimum absolute atomic E-state index is 0. The molecule has 6 nitrogen and oxygen atoms in total. The Bertz CT molecular complexity index is 942. The average molecular weight is 583 g/mol. The van der Waals surface area contributed by atoms with Gasteiger partial charge in [0.25, 0.3) is 0 Å². The van der Waals surface area contributed by atoms with Crippen LogP contribution in [0.3, 0.4) is 0 Å². The molecule has 0 aliphatic heterocycles. The van der Waals surface area contributed by atoms with E-state index in [-0.39, 0.29) is 33.0 Å². The van der Waals surface area contributed by atoms with Gasteiger partial charge in [-0.3, -0.25) is 4.79 Å². The Kier molecular flexibility index (Phi) is 20.6. The van der Waals surface area contributed by atoms with Gasteiger partial charge in [-0.25, -0.2) is 0 Å². The quantitative estimate of drug-likeness (QED) is 0.0750. The molecule has 41 heavy (non-hydrogen) atoms. The molecule has 0 bridgehead atoms. The summed E-state index contributed by atoms with van der Waals surface area (Å²) < 4.78 is 29.9. The first-order valence-electron chi connectivity index (χ1n) is 15.2. The van der Waals surface area contributed by atoms with Gasteiger partial charge >= 0.3 is 18.9 Å². The van der Waals surface area contributed by atoms with E-state index in [0.717, 1.165) is 49.6 Å². The average Bonchev–Trinajstić information content (AvgIpc) is 2.97. The number of hydrogen-bond acceptors (Lipinski definition) is 6. The molecule has 1 atom stereocenters. The molecule has 0 amide bonds. The summed E-state index contributed by atoms with van der Waals surface area (Å²) in [6.45, 7) is 8.41. The van der Waals surface area contributed by atoms with Crippen molar-refractivity contribution in [2.45, 2.75) is 97.8 Å². The van der Waals surface area contributed by atoms with Gasteiger partial charge in [-0.05, 0) is 40.0 Å². The molecular formula is C33H52LiO6P. The molecule has 0 fully saturated rings. The molecule has 0 aromatic heterocycles. The molecule has 0 saturated carbocycles. The van der Waals surface area contributed by atoms with Crippen molar-refractivity contribution in [3.05, 3.63) is 35.9 Å². The van der Waals surface area contributed by atoms with E-state index >= 15 is 0 Å². The number of carbonyl (C=O) groups is 1. The molecule has 0 heterocycles. The minimum atomic E-state index is -0.229. The molecule has 0 aliphatic rings. The summed E-state index contributed by atoms with van der Waals surface area (Å²) in [5, 5.41) is 0.766. The number of unbranched alkanes of at least 4 members (excludes halogenated alkanes) is 9. The Morgan fingerprint density at radius 3 is 1.49 bits per heavy atom. The molecule has 2 aromatic carbocycles. The molecule has 0 saturated heterocycles. The Morgan fingerprint density at radius 2 is 1.07 bits per heavy atom. The summed E-state index contributed by atoms with van der Waals surface area (Å²) in [4.78, 5) is 13.8. The molecule has 0 radical (unpaired) electrons. The summed E-state index contributed by atoms with van der Waals surface area (Å²) in [5.74, 6) is 3.03. The van der Waals surface area contributed by atoms with E-state index in [1.807, 2.05) is 18.2 Å². The van der Waals surface area contributed by atoms with Gasteiger partial charge in [0.05, 0.1) is 39.3 Å². The van der Waals surface area contributed by atoms with E-state index in [0.29, 0.717) is 48.4 Å². The van der Waals surface area contributed by atoms with Crippen LogP contribution in [-0.4, -0.2) is 58.4 Å². The molecule has 0 N–H and O–H groups in total. The second-order valence-corrected chi connectivity index (χ2v) is 11.2. The maximum atomic E-state index is 13.8. The normalized spacial score (nSPS) is 10.9. The molecule has 0 spiro atoms. The first-order chi connectivity index (χ1) is 19.6. The fraction of sp³-hybridized carbons (Fsp3) is 0.606. The van der Waals surface area contributed by atoms with E-state index in [1.54, 1.807) is 26.4 Å². The van der Waals surface area contributed by atoms with Crippen LogP contribution in [0.1, 0.15) is 108 Å². The first-order valence-corrected chi connectivity index (χ1v) is 16.2. The molecule has 2 aromatic rings. The fourth-order valence-electron chi connectivity index (χ4n) is 4.39. The van der Waals surface area contributed by atoms with Crippen LogP contribution in [0.4, 0.5) is 0 Å². The van der Waals surface area contributed by atoms with Gasteiger partial charge < -0.3 is 23.7 Å². The number of ether oxygens (including phenoxy) is 5. The molecule has 8 heteroatoms. The van der Waals surface area contributed by atoms with Crippen LogP contribution in [0.15, 0.2) is 30.3 Å². The van der Waals surface area contributed by atoms with Crippen LogP contribution < -0.4 is 29.0 Å². The van der Waals surface area contributed by atoms with E-state index in [4.69, 9.17) is 23.7 Å². The maximum absolute atomic E-state index is 13.8. The number of carbonyl (C=O) groups excluding carboxylic acids is 1. The second kappa shape index (κ2) is 22.7. The van der Waals surface area contributed by atoms with Crippen molar-refractivity contribution in [2.24, 2.45) is 0 Å². The van der Waals surface area contributed by atoms with Gasteiger partial charge in [0.1, 0.15) is 34.3 Å². The second-order valence-electron chi connectivity index (χ2n) is 10.0. The zero-order valence-corrected chi connectivity index (χ0v) is 26.4. The molecule has 2 rings (SSSR count). The van der Waals surface area contributed by atoms with Crippen LogP contribution >= 0.6 is 8.58 Å². The zero-order valence-electron chi connectivity index (χ0n) is 25.4. The Balaban J connectivity index is 0.00000840. The van der Waals surface area contributed by atoms with Crippen LogP contribution in [0, 0.1) is 0 Å². The summed E-state index contributed by atoms with van der Waals surface area (Å²) >= 11 is 0. The van der Waals surface area contributed by atoms with Crippen molar-refractivity contribution < 1.29 is 28.5 Å². The van der Waals surface area contributed by atoms with Gasteiger partial charge in [-0.1, -0.05) is 84.6 Å². The number of benzene rings is 2. The number of rotatable bonds is 23. The molecular weight excluding hydrogens is 530 g/mol. The first kappa shape index (κ1) is 37.2. The van der Waals surface area contributed by atoms with E-state index in [2.05, 4.69) is 20.8 Å². The van der Waals surface area contributed by atoms with Gasteiger partial charge in [-0.15, -0.1) is 0 Å². The molecule has 1 unspecified atom stereocenters. The summed E-state index contributed by atoms with van der Waals surface area (Å²) in [6, 6.07) is 9.25. The van der Waals surface area contributed by atoms with Gasteiger partial charge in [0, 0.05) is 12.1 Å². The Labute approximate surface area is 262 Å². The van der Waals surface area contributed by atoms with E-state index in [9.17, 15) is 4.79 Å². The van der Waals surface area contributed by atoms with Gasteiger partial charge in [-0.2, -0.15) is 0 Å². The summed E-state index contributed by atoms with van der Waals surface area (Å²) in [7, 11) is 2.90. The van der Waals surface area contributed by atoms with Crippen LogP contribution in [0.2, 0.25) is 0 Å².